The standard InChI is InChI=1S/C25H35N3O6S/c1-5-8-12-26-13-14-35-16-20-23(25(30)34-7-3)22(18-10-9-11-19(15-18)28(31)32)21(17(4)27-20)24(29)33-6-2/h9-11,15,22,26-27H,5-8,12-14,16H2,1-4H3. The third-order valence-corrected chi connectivity index (χ3v) is 6.41. The number of rotatable bonds is 14. The predicted molar refractivity (Wildman–Crippen MR) is 137 cm³/mol. The molecule has 1 aromatic carbocycles. The fourth-order valence-corrected chi connectivity index (χ4v) is 4.70. The second-order valence-corrected chi connectivity index (χ2v) is 9.04. The van der Waals surface area contributed by atoms with Crippen molar-refractivity contribution in [3.8, 4) is 0 Å². The molecule has 0 bridgehead atoms. The Labute approximate surface area is 210 Å². The molecule has 2 N–H and O–H groups in total. The van der Waals surface area contributed by atoms with Crippen molar-refractivity contribution in [3.05, 3.63) is 62.5 Å². The molecule has 35 heavy (non-hydrogen) atoms. The van der Waals surface area contributed by atoms with Crippen molar-refractivity contribution in [2.24, 2.45) is 0 Å². The summed E-state index contributed by atoms with van der Waals surface area (Å²) in [5, 5.41) is 18.1. The number of nitro groups is 1. The van der Waals surface area contributed by atoms with E-state index in [0.29, 0.717) is 22.7 Å². The van der Waals surface area contributed by atoms with Crippen LogP contribution in [0.3, 0.4) is 0 Å². The molecule has 192 valence electrons. The van der Waals surface area contributed by atoms with Crippen LogP contribution in [0.4, 0.5) is 5.69 Å². The fourth-order valence-electron chi connectivity index (χ4n) is 3.84. The number of hydrogen-bond donors (Lipinski definition) is 2. The maximum atomic E-state index is 13.2. The Morgan fingerprint density at radius 3 is 2.43 bits per heavy atom. The van der Waals surface area contributed by atoms with Crippen molar-refractivity contribution in [1.29, 1.82) is 0 Å². The number of dihydropyridines is 1. The number of allylic oxidation sites excluding steroid dienone is 1. The minimum atomic E-state index is -0.854. The van der Waals surface area contributed by atoms with Crippen LogP contribution in [-0.4, -0.2) is 54.7 Å². The number of esters is 2. The van der Waals surface area contributed by atoms with Gasteiger partial charge in [-0.1, -0.05) is 25.5 Å². The van der Waals surface area contributed by atoms with Gasteiger partial charge in [0.1, 0.15) is 0 Å². The smallest absolute Gasteiger partial charge is 0.336 e. The molecule has 0 aromatic heterocycles. The van der Waals surface area contributed by atoms with Crippen LogP contribution < -0.4 is 10.6 Å². The van der Waals surface area contributed by atoms with E-state index in [2.05, 4.69) is 17.6 Å². The molecule has 9 nitrogen and oxygen atoms in total. The Hall–Kier alpha value is -2.85. The first kappa shape index (κ1) is 28.4. The van der Waals surface area contributed by atoms with Gasteiger partial charge in [-0.25, -0.2) is 9.59 Å². The van der Waals surface area contributed by atoms with E-state index in [0.717, 1.165) is 31.7 Å². The van der Waals surface area contributed by atoms with Gasteiger partial charge in [0.2, 0.25) is 0 Å². The van der Waals surface area contributed by atoms with E-state index in [4.69, 9.17) is 9.47 Å². The summed E-state index contributed by atoms with van der Waals surface area (Å²) in [6.45, 7) is 9.41. The second-order valence-electron chi connectivity index (χ2n) is 7.94. The lowest BCUT2D eigenvalue weighted by molar-refractivity contribution is -0.384. The molecule has 1 aliphatic heterocycles. The van der Waals surface area contributed by atoms with Gasteiger partial charge in [0.15, 0.2) is 0 Å². The van der Waals surface area contributed by atoms with Crippen molar-refractivity contribution < 1.29 is 24.0 Å². The van der Waals surface area contributed by atoms with Crippen molar-refractivity contribution in [1.82, 2.24) is 10.6 Å². The third-order valence-electron chi connectivity index (χ3n) is 5.43. The number of ether oxygens (including phenoxy) is 2. The lowest BCUT2D eigenvalue weighted by atomic mass is 9.80. The van der Waals surface area contributed by atoms with Crippen LogP contribution in [-0.2, 0) is 19.1 Å². The molecule has 1 heterocycles. The van der Waals surface area contributed by atoms with E-state index in [9.17, 15) is 19.7 Å². The summed E-state index contributed by atoms with van der Waals surface area (Å²) in [4.78, 5) is 37.1. The molecular formula is C25H35N3O6S. The Kier molecular flexibility index (Phi) is 11.8. The van der Waals surface area contributed by atoms with Crippen molar-refractivity contribution in [3.63, 3.8) is 0 Å². The number of hydrogen-bond acceptors (Lipinski definition) is 9. The highest BCUT2D eigenvalue weighted by molar-refractivity contribution is 7.99. The molecule has 0 fully saturated rings. The topological polar surface area (TPSA) is 120 Å². The van der Waals surface area contributed by atoms with Gasteiger partial charge in [-0.3, -0.25) is 10.1 Å². The van der Waals surface area contributed by atoms with E-state index in [1.807, 2.05) is 0 Å². The number of carbonyl (C=O) groups excluding carboxylic acids is 2. The van der Waals surface area contributed by atoms with Crippen LogP contribution in [0.2, 0.25) is 0 Å². The number of unbranched alkanes of at least 4 members (excludes halogenated alkanes) is 1. The summed E-state index contributed by atoms with van der Waals surface area (Å²) in [5.41, 5.74) is 2.01. The first-order valence-corrected chi connectivity index (χ1v) is 13.1. The van der Waals surface area contributed by atoms with Crippen LogP contribution in [0.15, 0.2) is 46.8 Å². The van der Waals surface area contributed by atoms with Gasteiger partial charge in [0.25, 0.3) is 5.69 Å². The first-order chi connectivity index (χ1) is 16.8. The Balaban J connectivity index is 2.49. The number of nitrogens with zero attached hydrogens (tertiary/aromatic N) is 1. The Bertz CT molecular complexity index is 976. The minimum Gasteiger partial charge on any atom is -0.463 e. The monoisotopic (exact) mass is 505 g/mol. The molecule has 1 unspecified atom stereocenters. The van der Waals surface area contributed by atoms with Crippen LogP contribution >= 0.6 is 11.8 Å². The van der Waals surface area contributed by atoms with Gasteiger partial charge in [-0.2, -0.15) is 11.8 Å². The van der Waals surface area contributed by atoms with E-state index in [1.165, 1.54) is 12.1 Å². The van der Waals surface area contributed by atoms with Crippen LogP contribution in [0.5, 0.6) is 0 Å². The molecule has 0 saturated carbocycles. The van der Waals surface area contributed by atoms with Gasteiger partial charge >= 0.3 is 11.9 Å². The number of nitro benzene ring substituents is 1. The van der Waals surface area contributed by atoms with Crippen LogP contribution in [0.1, 0.15) is 52.0 Å². The summed E-state index contributed by atoms with van der Waals surface area (Å²) < 4.78 is 10.7. The average molecular weight is 506 g/mol. The van der Waals surface area contributed by atoms with Gasteiger partial charge < -0.3 is 20.1 Å². The molecule has 0 spiro atoms. The van der Waals surface area contributed by atoms with E-state index < -0.39 is 22.8 Å². The minimum absolute atomic E-state index is 0.126. The number of non-ortho nitro benzene ring substituents is 1. The van der Waals surface area contributed by atoms with E-state index in [-0.39, 0.29) is 30.0 Å². The molecule has 0 aliphatic carbocycles. The van der Waals surface area contributed by atoms with Gasteiger partial charge in [0, 0.05) is 41.6 Å². The summed E-state index contributed by atoms with van der Waals surface area (Å²) >= 11 is 1.65. The zero-order valence-corrected chi connectivity index (χ0v) is 21.7. The Morgan fingerprint density at radius 2 is 1.80 bits per heavy atom. The van der Waals surface area contributed by atoms with E-state index in [1.54, 1.807) is 44.7 Å². The number of benzene rings is 1. The summed E-state index contributed by atoms with van der Waals surface area (Å²) in [6, 6.07) is 6.00. The predicted octanol–water partition coefficient (Wildman–Crippen LogP) is 4.06. The molecule has 1 aromatic rings. The highest BCUT2D eigenvalue weighted by Crippen LogP contribution is 2.40. The SMILES string of the molecule is CCCCNCCSCC1=C(C(=O)OCC)C(c2cccc([N+](=O)[O-])c2)C(C(=O)OCC)=C(C)N1. The molecular weight excluding hydrogens is 470 g/mol. The fraction of sp³-hybridized carbons (Fsp3) is 0.520. The molecule has 0 radical (unpaired) electrons. The summed E-state index contributed by atoms with van der Waals surface area (Å²) in [5.74, 6) is -0.680. The first-order valence-electron chi connectivity index (χ1n) is 11.9. The summed E-state index contributed by atoms with van der Waals surface area (Å²) in [6.07, 6.45) is 2.25. The van der Waals surface area contributed by atoms with Crippen molar-refractivity contribution in [2.75, 3.05) is 37.8 Å². The maximum absolute atomic E-state index is 13.2. The second kappa shape index (κ2) is 14.5. The lowest BCUT2D eigenvalue weighted by Gasteiger charge is -2.31. The molecule has 10 heteroatoms. The van der Waals surface area contributed by atoms with Crippen LogP contribution in [0, 0.1) is 10.1 Å². The molecule has 0 amide bonds. The van der Waals surface area contributed by atoms with Gasteiger partial charge in [0.05, 0.1) is 35.2 Å². The van der Waals surface area contributed by atoms with Crippen molar-refractivity contribution >= 4 is 29.4 Å². The average Bonchev–Trinajstić information content (AvgIpc) is 2.83. The number of thioether (sulfide) groups is 1. The number of nitrogens with one attached hydrogen (secondary N) is 2. The molecule has 1 atom stereocenters. The van der Waals surface area contributed by atoms with Gasteiger partial charge in [-0.05, 0) is 39.3 Å². The maximum Gasteiger partial charge on any atom is 0.336 e. The molecule has 0 saturated heterocycles. The van der Waals surface area contributed by atoms with Crippen molar-refractivity contribution in [2.45, 2.75) is 46.5 Å². The van der Waals surface area contributed by atoms with E-state index >= 15 is 0 Å². The summed E-state index contributed by atoms with van der Waals surface area (Å²) in [7, 11) is 0. The van der Waals surface area contributed by atoms with Crippen LogP contribution in [0.25, 0.3) is 0 Å². The molecule has 1 aliphatic rings. The Morgan fingerprint density at radius 1 is 1.11 bits per heavy atom. The molecule has 2 rings (SSSR count). The highest BCUT2D eigenvalue weighted by atomic mass is 32.2. The highest BCUT2D eigenvalue weighted by Gasteiger charge is 2.39. The lowest BCUT2D eigenvalue weighted by Crippen LogP contribution is -2.34. The zero-order chi connectivity index (χ0) is 25.8. The largest absolute Gasteiger partial charge is 0.463 e. The van der Waals surface area contributed by atoms with Gasteiger partial charge in [-0.15, -0.1) is 0 Å². The third kappa shape index (κ3) is 7.83. The normalized spacial score (nSPS) is 15.6. The number of carbonyl (C=O) groups is 2. The quantitative estimate of drug-likeness (QED) is 0.167. The zero-order valence-electron chi connectivity index (χ0n) is 20.8.